The molecule has 0 aliphatic heterocycles. The predicted octanol–water partition coefficient (Wildman–Crippen LogP) is 1.55. The molecular weight excluding hydrogens is 286 g/mol. The van der Waals surface area contributed by atoms with Crippen LogP contribution in [-0.4, -0.2) is 36.9 Å². The highest BCUT2D eigenvalue weighted by molar-refractivity contribution is 7.89. The second kappa shape index (κ2) is 5.41. The van der Waals surface area contributed by atoms with Crippen molar-refractivity contribution in [1.82, 2.24) is 14.2 Å². The molecule has 5 nitrogen and oxygen atoms in total. The van der Waals surface area contributed by atoms with Crippen LogP contribution in [0, 0.1) is 11.8 Å². The summed E-state index contributed by atoms with van der Waals surface area (Å²) >= 11 is 0. The first-order valence-corrected chi connectivity index (χ1v) is 9.17. The summed E-state index contributed by atoms with van der Waals surface area (Å²) in [4.78, 5) is 0.411. The van der Waals surface area contributed by atoms with E-state index in [2.05, 4.69) is 12.2 Å². The molecule has 2 aliphatic carbocycles. The molecule has 118 valence electrons. The summed E-state index contributed by atoms with van der Waals surface area (Å²) in [5.74, 6) is 1.20. The highest BCUT2D eigenvalue weighted by atomic mass is 32.2. The first kappa shape index (κ1) is 15.1. The van der Waals surface area contributed by atoms with Gasteiger partial charge in [0.1, 0.15) is 4.90 Å². The van der Waals surface area contributed by atoms with E-state index in [1.54, 1.807) is 19.3 Å². The summed E-state index contributed by atoms with van der Waals surface area (Å²) in [7, 11) is 0.241. The molecule has 2 fully saturated rings. The van der Waals surface area contributed by atoms with Gasteiger partial charge < -0.3 is 9.88 Å². The van der Waals surface area contributed by atoms with Crippen LogP contribution in [0.2, 0.25) is 0 Å². The minimum Gasteiger partial charge on any atom is -0.352 e. The van der Waals surface area contributed by atoms with Crippen LogP contribution in [0.25, 0.3) is 0 Å². The Balaban J connectivity index is 1.70. The molecule has 2 saturated carbocycles. The van der Waals surface area contributed by atoms with Crippen LogP contribution >= 0.6 is 0 Å². The Kier molecular flexibility index (Phi) is 3.88. The van der Waals surface area contributed by atoms with Crippen LogP contribution < -0.4 is 5.32 Å². The molecule has 1 aromatic heterocycles. The second-order valence-electron chi connectivity index (χ2n) is 6.69. The predicted molar refractivity (Wildman–Crippen MR) is 82.4 cm³/mol. The molecule has 21 heavy (non-hydrogen) atoms. The quantitative estimate of drug-likeness (QED) is 0.831. The maximum Gasteiger partial charge on any atom is 0.244 e. The Morgan fingerprint density at radius 2 is 2.10 bits per heavy atom. The molecule has 2 aliphatic rings. The van der Waals surface area contributed by atoms with Crippen LogP contribution in [0.4, 0.5) is 0 Å². The Morgan fingerprint density at radius 3 is 2.67 bits per heavy atom. The average Bonchev–Trinajstić information content (AvgIpc) is 3.32. The monoisotopic (exact) mass is 311 g/mol. The molecule has 0 bridgehead atoms. The lowest BCUT2D eigenvalue weighted by Gasteiger charge is -2.15. The highest BCUT2D eigenvalue weighted by Gasteiger charge is 2.36. The lowest BCUT2D eigenvalue weighted by molar-refractivity contribution is 0.444. The van der Waals surface area contributed by atoms with Gasteiger partial charge in [-0.2, -0.15) is 0 Å². The molecular formula is C15H25N3O2S. The van der Waals surface area contributed by atoms with E-state index < -0.39 is 10.0 Å². The number of aromatic nitrogens is 1. The van der Waals surface area contributed by atoms with E-state index in [0.29, 0.717) is 29.3 Å². The number of rotatable bonds is 7. The zero-order chi connectivity index (χ0) is 15.2. The standard InChI is InChI=1S/C15H25N3O2S/c1-11-6-12(11)9-18(3)21(19,20)15-7-14(17(2)10-15)8-16-13-4-5-13/h7,10-13,16H,4-6,8-9H2,1-3H3. The summed E-state index contributed by atoms with van der Waals surface area (Å²) in [6.07, 6.45) is 5.34. The van der Waals surface area contributed by atoms with Crippen molar-refractivity contribution in [1.29, 1.82) is 0 Å². The molecule has 6 heteroatoms. The van der Waals surface area contributed by atoms with Gasteiger partial charge >= 0.3 is 0 Å². The van der Waals surface area contributed by atoms with E-state index in [1.807, 2.05) is 11.6 Å². The van der Waals surface area contributed by atoms with Crippen LogP contribution in [0.3, 0.4) is 0 Å². The van der Waals surface area contributed by atoms with Gasteiger partial charge in [0.2, 0.25) is 10.0 Å². The van der Waals surface area contributed by atoms with Gasteiger partial charge in [0, 0.05) is 45.1 Å². The molecule has 2 atom stereocenters. The first-order chi connectivity index (χ1) is 9.88. The molecule has 1 heterocycles. The van der Waals surface area contributed by atoms with E-state index in [9.17, 15) is 8.42 Å². The minimum absolute atomic E-state index is 0.411. The first-order valence-electron chi connectivity index (χ1n) is 7.73. The Hall–Kier alpha value is -0.850. The van der Waals surface area contributed by atoms with Gasteiger partial charge in [-0.1, -0.05) is 6.92 Å². The van der Waals surface area contributed by atoms with Gasteiger partial charge in [0.25, 0.3) is 0 Å². The van der Waals surface area contributed by atoms with Crippen LogP contribution in [-0.2, 0) is 23.6 Å². The van der Waals surface area contributed by atoms with Crippen LogP contribution in [0.1, 0.15) is 31.9 Å². The molecule has 0 amide bonds. The van der Waals surface area contributed by atoms with Crippen molar-refractivity contribution in [2.24, 2.45) is 18.9 Å². The fourth-order valence-electron chi connectivity index (χ4n) is 2.69. The van der Waals surface area contributed by atoms with Crippen molar-refractivity contribution in [2.75, 3.05) is 13.6 Å². The van der Waals surface area contributed by atoms with Gasteiger partial charge in [-0.25, -0.2) is 12.7 Å². The lowest BCUT2D eigenvalue weighted by atomic mass is 10.3. The van der Waals surface area contributed by atoms with Crippen LogP contribution in [0.5, 0.6) is 0 Å². The zero-order valence-corrected chi connectivity index (χ0v) is 13.9. The van der Waals surface area contributed by atoms with Crippen molar-refractivity contribution in [3.63, 3.8) is 0 Å². The van der Waals surface area contributed by atoms with Gasteiger partial charge in [0.05, 0.1) is 0 Å². The fourth-order valence-corrected chi connectivity index (χ4v) is 4.02. The smallest absolute Gasteiger partial charge is 0.244 e. The number of nitrogens with one attached hydrogen (secondary N) is 1. The zero-order valence-electron chi connectivity index (χ0n) is 13.0. The molecule has 0 saturated heterocycles. The molecule has 1 aromatic rings. The topological polar surface area (TPSA) is 54.3 Å². The third-order valence-corrected chi connectivity index (χ3v) is 6.50. The second-order valence-corrected chi connectivity index (χ2v) is 8.74. The van der Waals surface area contributed by atoms with E-state index in [0.717, 1.165) is 18.7 Å². The summed E-state index contributed by atoms with van der Waals surface area (Å²) in [5, 5.41) is 3.43. The summed E-state index contributed by atoms with van der Waals surface area (Å²) in [6, 6.07) is 2.43. The molecule has 0 aromatic carbocycles. The molecule has 1 N–H and O–H groups in total. The van der Waals surface area contributed by atoms with E-state index >= 15 is 0 Å². The number of nitrogens with zero attached hydrogens (tertiary/aromatic N) is 2. The van der Waals surface area contributed by atoms with Gasteiger partial charge in [0.15, 0.2) is 0 Å². The normalized spacial score (nSPS) is 25.5. The number of hydrogen-bond acceptors (Lipinski definition) is 3. The van der Waals surface area contributed by atoms with Crippen molar-refractivity contribution in [2.45, 2.75) is 43.7 Å². The number of aryl methyl sites for hydroxylation is 1. The summed E-state index contributed by atoms with van der Waals surface area (Å²) in [5.41, 5.74) is 1.02. The third kappa shape index (κ3) is 3.33. The molecule has 0 spiro atoms. The Labute approximate surface area is 127 Å². The van der Waals surface area contributed by atoms with Crippen molar-refractivity contribution >= 4 is 10.0 Å². The summed E-state index contributed by atoms with van der Waals surface area (Å²) in [6.45, 7) is 3.55. The number of sulfonamides is 1. The Morgan fingerprint density at radius 1 is 1.43 bits per heavy atom. The minimum atomic E-state index is -3.36. The maximum atomic E-state index is 12.6. The van der Waals surface area contributed by atoms with E-state index in [1.165, 1.54) is 17.1 Å². The van der Waals surface area contributed by atoms with Crippen LogP contribution in [0.15, 0.2) is 17.2 Å². The van der Waals surface area contributed by atoms with Gasteiger partial charge in [-0.05, 0) is 37.2 Å². The molecule has 0 radical (unpaired) electrons. The van der Waals surface area contributed by atoms with Crippen molar-refractivity contribution in [3.05, 3.63) is 18.0 Å². The maximum absolute atomic E-state index is 12.6. The fraction of sp³-hybridized carbons (Fsp3) is 0.733. The third-order valence-electron chi connectivity index (χ3n) is 4.71. The SMILES string of the molecule is CC1CC1CN(C)S(=O)(=O)c1cc(CNC2CC2)n(C)c1. The van der Waals surface area contributed by atoms with Crippen molar-refractivity contribution < 1.29 is 8.42 Å². The number of hydrogen-bond donors (Lipinski definition) is 1. The van der Waals surface area contributed by atoms with E-state index in [4.69, 9.17) is 0 Å². The Bertz CT molecular complexity index is 619. The van der Waals surface area contributed by atoms with E-state index in [-0.39, 0.29) is 0 Å². The van der Waals surface area contributed by atoms with Crippen molar-refractivity contribution in [3.8, 4) is 0 Å². The molecule has 2 unspecified atom stereocenters. The summed E-state index contributed by atoms with van der Waals surface area (Å²) < 4.78 is 28.6. The highest BCUT2D eigenvalue weighted by Crippen LogP contribution is 2.38. The lowest BCUT2D eigenvalue weighted by Crippen LogP contribution is -2.29. The largest absolute Gasteiger partial charge is 0.352 e. The van der Waals surface area contributed by atoms with Gasteiger partial charge in [-0.15, -0.1) is 0 Å². The van der Waals surface area contributed by atoms with Gasteiger partial charge in [-0.3, -0.25) is 0 Å². The average molecular weight is 311 g/mol. The molecule has 3 rings (SSSR count).